The number of piperidine rings is 1. The van der Waals surface area contributed by atoms with Crippen molar-refractivity contribution < 1.29 is 0 Å². The third-order valence-corrected chi connectivity index (χ3v) is 6.99. The summed E-state index contributed by atoms with van der Waals surface area (Å²) in [6.07, 6.45) is 17.1. The second kappa shape index (κ2) is 6.36. The molecule has 0 spiro atoms. The van der Waals surface area contributed by atoms with Crippen LogP contribution in [0.1, 0.15) is 63.0 Å². The molecular weight excluding hydrogens is 320 g/mol. The highest BCUT2D eigenvalue weighted by Gasteiger charge is 2.50. The van der Waals surface area contributed by atoms with E-state index in [2.05, 4.69) is 21.2 Å². The number of rotatable bonds is 3. The van der Waals surface area contributed by atoms with Crippen molar-refractivity contribution >= 4 is 18.7 Å². The van der Waals surface area contributed by atoms with Crippen molar-refractivity contribution in [3.8, 4) is 0 Å². The zero-order valence-electron chi connectivity index (χ0n) is 14.4. The van der Waals surface area contributed by atoms with Gasteiger partial charge in [0, 0.05) is 30.9 Å². The fourth-order valence-corrected chi connectivity index (χ4v) is 6.24. The molecule has 5 heteroatoms. The Kier molecular flexibility index (Phi) is 4.36. The van der Waals surface area contributed by atoms with Gasteiger partial charge >= 0.3 is 0 Å². The first-order chi connectivity index (χ1) is 11.3. The van der Waals surface area contributed by atoms with Crippen molar-refractivity contribution in [3.05, 3.63) is 18.2 Å². The van der Waals surface area contributed by atoms with Gasteiger partial charge < -0.3 is 9.88 Å². The van der Waals surface area contributed by atoms with Crippen LogP contribution in [0, 0.1) is 17.8 Å². The number of likely N-dealkylation sites (tertiary alicyclic amines) is 1. The van der Waals surface area contributed by atoms with Crippen LogP contribution >= 0.6 is 12.4 Å². The lowest BCUT2D eigenvalue weighted by molar-refractivity contribution is 0.00138. The Labute approximate surface area is 150 Å². The monoisotopic (exact) mass is 348 g/mol. The molecule has 1 aromatic rings. The maximum atomic E-state index is 5.21. The number of hydrogen-bond acceptors (Lipinski definition) is 2. The van der Waals surface area contributed by atoms with Crippen LogP contribution in [-0.2, 0) is 0 Å². The highest BCUT2D eigenvalue weighted by atomic mass is 35.5. The summed E-state index contributed by atoms with van der Waals surface area (Å²) in [6, 6.07) is 0. The third-order valence-electron chi connectivity index (χ3n) is 6.99. The number of imidazole rings is 1. The molecule has 0 atom stereocenters. The number of hydrogen-bond donors (Lipinski definition) is 1. The molecule has 4 saturated carbocycles. The Morgan fingerprint density at radius 3 is 2.25 bits per heavy atom. The first-order valence-corrected chi connectivity index (χ1v) is 9.56. The van der Waals surface area contributed by atoms with Crippen LogP contribution in [0.3, 0.4) is 0 Å². The summed E-state index contributed by atoms with van der Waals surface area (Å²) >= 11 is 0. The van der Waals surface area contributed by atoms with E-state index in [1.807, 2.05) is 6.20 Å². The van der Waals surface area contributed by atoms with Crippen LogP contribution in [0.25, 0.3) is 0 Å². The molecule has 24 heavy (non-hydrogen) atoms. The van der Waals surface area contributed by atoms with Crippen molar-refractivity contribution in [3.63, 3.8) is 0 Å². The third kappa shape index (κ3) is 2.98. The van der Waals surface area contributed by atoms with Gasteiger partial charge in [0.2, 0.25) is 0 Å². The van der Waals surface area contributed by atoms with Gasteiger partial charge in [-0.25, -0.2) is 4.98 Å². The van der Waals surface area contributed by atoms with Gasteiger partial charge in [0.15, 0.2) is 0 Å². The SMILES string of the molecule is C(=NC12CC3CC(CC(C3)C1)C2)N1CCC(c2cnc[nH]2)CC1.Cl. The van der Waals surface area contributed by atoms with E-state index in [-0.39, 0.29) is 12.4 Å². The van der Waals surface area contributed by atoms with E-state index in [1.165, 1.54) is 57.1 Å². The number of aromatic amines is 1. The first-order valence-electron chi connectivity index (χ1n) is 9.56. The Morgan fingerprint density at radius 2 is 1.71 bits per heavy atom. The van der Waals surface area contributed by atoms with E-state index in [1.54, 1.807) is 6.33 Å². The molecule has 2 heterocycles. The largest absolute Gasteiger partial charge is 0.363 e. The molecule has 5 fully saturated rings. The molecule has 4 bridgehead atoms. The average molecular weight is 349 g/mol. The van der Waals surface area contributed by atoms with Gasteiger partial charge in [-0.15, -0.1) is 12.4 Å². The van der Waals surface area contributed by atoms with Gasteiger partial charge in [-0.2, -0.15) is 0 Å². The molecule has 1 aromatic heterocycles. The van der Waals surface area contributed by atoms with Crippen LogP contribution in [0.2, 0.25) is 0 Å². The lowest BCUT2D eigenvalue weighted by Crippen LogP contribution is -2.49. The second-order valence-electron chi connectivity index (χ2n) is 8.70. The van der Waals surface area contributed by atoms with Crippen LogP contribution in [0.5, 0.6) is 0 Å². The average Bonchev–Trinajstić information content (AvgIpc) is 3.07. The van der Waals surface area contributed by atoms with E-state index < -0.39 is 0 Å². The molecule has 132 valence electrons. The Hall–Kier alpha value is -1.03. The number of halogens is 1. The van der Waals surface area contributed by atoms with E-state index in [4.69, 9.17) is 4.99 Å². The fourth-order valence-electron chi connectivity index (χ4n) is 6.24. The van der Waals surface area contributed by atoms with Gasteiger partial charge in [-0.05, 0) is 69.1 Å². The standard InChI is InChI=1S/C19H28N4.ClH/c1-3-23(4-2-17(1)18-11-20-12-21-18)13-22-19-8-14-5-15(9-19)7-16(6-14)10-19;/h11-17H,1-10H2,(H,20,21);1H. The highest BCUT2D eigenvalue weighted by molar-refractivity contribution is 5.85. The van der Waals surface area contributed by atoms with Crippen LogP contribution in [0.15, 0.2) is 17.5 Å². The lowest BCUT2D eigenvalue weighted by atomic mass is 9.53. The summed E-state index contributed by atoms with van der Waals surface area (Å²) in [4.78, 5) is 15.1. The minimum absolute atomic E-state index is 0. The molecule has 4 aliphatic carbocycles. The minimum atomic E-state index is 0. The zero-order valence-corrected chi connectivity index (χ0v) is 15.2. The molecule has 1 N–H and O–H groups in total. The lowest BCUT2D eigenvalue weighted by Gasteiger charge is -2.55. The number of H-pyrrole nitrogens is 1. The number of nitrogens with one attached hydrogen (secondary N) is 1. The second-order valence-corrected chi connectivity index (χ2v) is 8.70. The highest BCUT2D eigenvalue weighted by Crippen LogP contribution is 2.57. The molecular formula is C19H29ClN4. The summed E-state index contributed by atoms with van der Waals surface area (Å²) in [5.74, 6) is 3.63. The molecule has 6 rings (SSSR count). The molecule has 0 radical (unpaired) electrons. The predicted molar refractivity (Wildman–Crippen MR) is 98.8 cm³/mol. The number of aromatic nitrogens is 2. The molecule has 1 saturated heterocycles. The maximum absolute atomic E-state index is 5.21. The molecule has 0 amide bonds. The van der Waals surface area contributed by atoms with Crippen LogP contribution < -0.4 is 0 Å². The predicted octanol–water partition coefficient (Wildman–Crippen LogP) is 4.01. The van der Waals surface area contributed by atoms with Crippen LogP contribution in [-0.4, -0.2) is 39.8 Å². The Balaban J connectivity index is 0.00000146. The summed E-state index contributed by atoms with van der Waals surface area (Å²) in [5.41, 5.74) is 1.64. The van der Waals surface area contributed by atoms with Crippen molar-refractivity contribution in [1.29, 1.82) is 0 Å². The molecule has 1 aliphatic heterocycles. The molecule has 4 nitrogen and oxygen atoms in total. The smallest absolute Gasteiger partial charge is 0.0921 e. The van der Waals surface area contributed by atoms with Crippen molar-refractivity contribution in [2.24, 2.45) is 22.7 Å². The summed E-state index contributed by atoms with van der Waals surface area (Å²) < 4.78 is 0. The maximum Gasteiger partial charge on any atom is 0.0921 e. The van der Waals surface area contributed by atoms with Gasteiger partial charge in [0.1, 0.15) is 0 Å². The molecule has 0 aromatic carbocycles. The summed E-state index contributed by atoms with van der Waals surface area (Å²) in [7, 11) is 0. The summed E-state index contributed by atoms with van der Waals surface area (Å²) in [6.45, 7) is 2.28. The van der Waals surface area contributed by atoms with Gasteiger partial charge in [-0.1, -0.05) is 0 Å². The quantitative estimate of drug-likeness (QED) is 0.662. The summed E-state index contributed by atoms with van der Waals surface area (Å²) in [5, 5.41) is 0. The van der Waals surface area contributed by atoms with E-state index >= 15 is 0 Å². The van der Waals surface area contributed by atoms with Gasteiger partial charge in [0.05, 0.1) is 18.2 Å². The number of aliphatic imine (C=N–C) groups is 1. The molecule has 5 aliphatic rings. The minimum Gasteiger partial charge on any atom is -0.363 e. The zero-order chi connectivity index (χ0) is 15.3. The van der Waals surface area contributed by atoms with E-state index in [9.17, 15) is 0 Å². The normalized spacial score (nSPS) is 38.7. The topological polar surface area (TPSA) is 44.3 Å². The van der Waals surface area contributed by atoms with E-state index in [0.29, 0.717) is 11.5 Å². The van der Waals surface area contributed by atoms with Crippen molar-refractivity contribution in [2.45, 2.75) is 62.8 Å². The Bertz CT molecular complexity index is 539. The first kappa shape index (κ1) is 16.4. The number of nitrogens with zero attached hydrogens (tertiary/aromatic N) is 3. The Morgan fingerprint density at radius 1 is 1.08 bits per heavy atom. The van der Waals surface area contributed by atoms with Crippen molar-refractivity contribution in [2.75, 3.05) is 13.1 Å². The van der Waals surface area contributed by atoms with Crippen LogP contribution in [0.4, 0.5) is 0 Å². The van der Waals surface area contributed by atoms with Crippen molar-refractivity contribution in [1.82, 2.24) is 14.9 Å². The van der Waals surface area contributed by atoms with Gasteiger partial charge in [0.25, 0.3) is 0 Å². The van der Waals surface area contributed by atoms with E-state index in [0.717, 1.165) is 30.8 Å². The van der Waals surface area contributed by atoms with Gasteiger partial charge in [-0.3, -0.25) is 4.99 Å². The molecule has 0 unspecified atom stereocenters. The fraction of sp³-hybridized carbons (Fsp3) is 0.789.